The van der Waals surface area contributed by atoms with E-state index in [-0.39, 0.29) is 10.9 Å². The first-order chi connectivity index (χ1) is 17.7. The van der Waals surface area contributed by atoms with Gasteiger partial charge in [0.25, 0.3) is 0 Å². The molecule has 7 rings (SSSR count). The van der Waals surface area contributed by atoms with E-state index in [0.29, 0.717) is 17.6 Å². The van der Waals surface area contributed by atoms with Crippen LogP contribution in [-0.2, 0) is 0 Å². The second kappa shape index (κ2) is 8.51. The van der Waals surface area contributed by atoms with Gasteiger partial charge in [-0.1, -0.05) is 78.9 Å². The normalized spacial score (nSPS) is 15.6. The third kappa shape index (κ3) is 3.53. The molecule has 172 valence electrons. The highest BCUT2D eigenvalue weighted by molar-refractivity contribution is 7.99. The van der Waals surface area contributed by atoms with Gasteiger partial charge in [0.15, 0.2) is 0 Å². The Morgan fingerprint density at radius 1 is 0.722 bits per heavy atom. The molecular weight excluding hydrogens is 462 g/mol. The minimum absolute atomic E-state index is 0.0641. The maximum Gasteiger partial charge on any atom is 0.345 e. The van der Waals surface area contributed by atoms with Crippen LogP contribution in [0, 0.1) is 0 Å². The second-order valence-corrected chi connectivity index (χ2v) is 10.3. The van der Waals surface area contributed by atoms with E-state index in [1.54, 1.807) is 0 Å². The first-order valence-corrected chi connectivity index (χ1v) is 12.9. The van der Waals surface area contributed by atoms with Crippen molar-refractivity contribution in [1.82, 2.24) is 0 Å². The van der Waals surface area contributed by atoms with Gasteiger partial charge in [0.1, 0.15) is 5.58 Å². The summed E-state index contributed by atoms with van der Waals surface area (Å²) in [7, 11) is 0. The molecule has 0 saturated heterocycles. The lowest BCUT2D eigenvalue weighted by Gasteiger charge is -2.21. The molecule has 1 aliphatic heterocycles. The number of thioether (sulfide) groups is 1. The van der Waals surface area contributed by atoms with E-state index in [2.05, 4.69) is 66.7 Å². The number of para-hydroxylation sites is 2. The zero-order valence-electron chi connectivity index (χ0n) is 19.3. The van der Waals surface area contributed by atoms with Crippen molar-refractivity contribution in [1.29, 1.82) is 0 Å². The molecule has 0 saturated carbocycles. The van der Waals surface area contributed by atoms with Crippen LogP contribution in [0.15, 0.2) is 128 Å². The Labute approximate surface area is 212 Å². The molecule has 0 bridgehead atoms. The minimum atomic E-state index is -0.349. The molecule has 1 atom stereocenters. The Morgan fingerprint density at radius 3 is 2.14 bits per heavy atom. The van der Waals surface area contributed by atoms with Crippen LogP contribution < -0.4 is 5.63 Å². The van der Waals surface area contributed by atoms with Gasteiger partial charge in [0, 0.05) is 22.0 Å². The van der Waals surface area contributed by atoms with Crippen molar-refractivity contribution < 1.29 is 4.42 Å². The molecule has 0 unspecified atom stereocenters. The van der Waals surface area contributed by atoms with Crippen molar-refractivity contribution in [3.8, 4) is 0 Å². The molecule has 0 N–H and O–H groups in total. The summed E-state index contributed by atoms with van der Waals surface area (Å²) >= 11 is 1.82. The first-order valence-electron chi connectivity index (χ1n) is 12.0. The first kappa shape index (κ1) is 21.2. The lowest BCUT2D eigenvalue weighted by molar-refractivity contribution is 0.559. The highest BCUT2D eigenvalue weighted by Crippen LogP contribution is 2.49. The van der Waals surface area contributed by atoms with E-state index in [0.717, 1.165) is 21.7 Å². The standard InChI is InChI=1S/C32H21NO2S/c34-32-25(18-22-11-3-7-15-28(22)35-32)27-19-30(36-29-16-8-6-14-26(29)33-27)31-23-12-4-1-9-20(23)17-21-10-2-5-13-24(21)31/h1-18,30H,19H2/t30-/m1/s1. The number of aliphatic imine (C=N–C) groups is 1. The van der Waals surface area contributed by atoms with Crippen LogP contribution >= 0.6 is 11.8 Å². The Morgan fingerprint density at radius 2 is 1.36 bits per heavy atom. The Bertz CT molecular complexity index is 1830. The Kier molecular flexibility index (Phi) is 5.00. The molecule has 0 fully saturated rings. The smallest absolute Gasteiger partial charge is 0.345 e. The summed E-state index contributed by atoms with van der Waals surface area (Å²) in [5.41, 5.74) is 3.69. The molecule has 3 nitrogen and oxygen atoms in total. The fourth-order valence-electron chi connectivity index (χ4n) is 5.20. The van der Waals surface area contributed by atoms with Crippen molar-refractivity contribution in [2.45, 2.75) is 16.6 Å². The van der Waals surface area contributed by atoms with E-state index < -0.39 is 0 Å². The van der Waals surface area contributed by atoms with Gasteiger partial charge in [0.2, 0.25) is 0 Å². The van der Waals surface area contributed by atoms with Crippen molar-refractivity contribution >= 4 is 55.7 Å². The summed E-state index contributed by atoms with van der Waals surface area (Å²) in [5.74, 6) is 0. The van der Waals surface area contributed by atoms with Crippen molar-refractivity contribution in [2.75, 3.05) is 0 Å². The van der Waals surface area contributed by atoms with Gasteiger partial charge >= 0.3 is 5.63 Å². The molecule has 0 radical (unpaired) electrons. The summed E-state index contributed by atoms with van der Waals surface area (Å²) in [6.45, 7) is 0. The predicted octanol–water partition coefficient (Wildman–Crippen LogP) is 8.46. The lowest BCUT2D eigenvalue weighted by Crippen LogP contribution is -2.16. The maximum absolute atomic E-state index is 13.2. The molecule has 2 heterocycles. The summed E-state index contributed by atoms with van der Waals surface area (Å²) in [6, 6.07) is 37.1. The van der Waals surface area contributed by atoms with Gasteiger partial charge in [-0.15, -0.1) is 11.8 Å². The molecule has 5 aromatic carbocycles. The topological polar surface area (TPSA) is 42.6 Å². The van der Waals surface area contributed by atoms with E-state index in [1.165, 1.54) is 27.1 Å². The van der Waals surface area contributed by atoms with Gasteiger partial charge in [-0.25, -0.2) is 4.79 Å². The van der Waals surface area contributed by atoms with Crippen LogP contribution in [0.2, 0.25) is 0 Å². The second-order valence-electron chi connectivity index (χ2n) is 9.05. The molecular formula is C32H21NO2S. The fraction of sp³-hybridized carbons (Fsp3) is 0.0625. The third-order valence-electron chi connectivity index (χ3n) is 6.86. The highest BCUT2D eigenvalue weighted by Gasteiger charge is 2.27. The van der Waals surface area contributed by atoms with Crippen molar-refractivity contribution in [2.24, 2.45) is 4.99 Å². The highest BCUT2D eigenvalue weighted by atomic mass is 32.2. The lowest BCUT2D eigenvalue weighted by atomic mass is 9.92. The molecule has 1 aromatic heterocycles. The van der Waals surface area contributed by atoms with Crippen LogP contribution in [-0.4, -0.2) is 5.71 Å². The van der Waals surface area contributed by atoms with Gasteiger partial charge in [-0.2, -0.15) is 0 Å². The number of hydrogen-bond donors (Lipinski definition) is 0. The number of benzene rings is 5. The Hall–Kier alpha value is -4.15. The van der Waals surface area contributed by atoms with Crippen LogP contribution in [0.4, 0.5) is 5.69 Å². The van der Waals surface area contributed by atoms with E-state index >= 15 is 0 Å². The quantitative estimate of drug-likeness (QED) is 0.183. The van der Waals surface area contributed by atoms with Crippen LogP contribution in [0.1, 0.15) is 22.8 Å². The van der Waals surface area contributed by atoms with Crippen LogP contribution in [0.25, 0.3) is 32.5 Å². The molecule has 0 amide bonds. The largest absolute Gasteiger partial charge is 0.422 e. The molecule has 4 heteroatoms. The van der Waals surface area contributed by atoms with Gasteiger partial charge in [0.05, 0.1) is 17.0 Å². The number of hydrogen-bond acceptors (Lipinski definition) is 4. The molecule has 6 aromatic rings. The van der Waals surface area contributed by atoms with Gasteiger partial charge in [-0.3, -0.25) is 4.99 Å². The van der Waals surface area contributed by atoms with Crippen molar-refractivity contribution in [3.05, 3.63) is 131 Å². The summed E-state index contributed by atoms with van der Waals surface area (Å²) in [6.07, 6.45) is 0.612. The molecule has 0 aliphatic carbocycles. The fourth-order valence-corrected chi connectivity index (χ4v) is 6.51. The van der Waals surface area contributed by atoms with E-state index in [1.807, 2.05) is 54.2 Å². The summed E-state index contributed by atoms with van der Waals surface area (Å²) < 4.78 is 5.71. The SMILES string of the molecule is O=c1oc2ccccc2cc1C1=Nc2ccccc2S[C@@H](c2c3ccccc3cc3ccccc23)C1. The average molecular weight is 484 g/mol. The molecule has 1 aliphatic rings. The van der Waals surface area contributed by atoms with Crippen molar-refractivity contribution in [3.63, 3.8) is 0 Å². The molecule has 36 heavy (non-hydrogen) atoms. The number of nitrogens with zero attached hydrogens (tertiary/aromatic N) is 1. The third-order valence-corrected chi connectivity index (χ3v) is 8.14. The van der Waals surface area contributed by atoms with E-state index in [9.17, 15) is 4.79 Å². The minimum Gasteiger partial charge on any atom is -0.422 e. The van der Waals surface area contributed by atoms with Crippen LogP contribution in [0.3, 0.4) is 0 Å². The monoisotopic (exact) mass is 483 g/mol. The van der Waals surface area contributed by atoms with E-state index in [4.69, 9.17) is 9.41 Å². The Balaban J connectivity index is 1.49. The summed E-state index contributed by atoms with van der Waals surface area (Å²) in [4.78, 5) is 19.3. The molecule has 0 spiro atoms. The van der Waals surface area contributed by atoms with Gasteiger partial charge < -0.3 is 4.42 Å². The number of rotatable bonds is 2. The zero-order chi connectivity index (χ0) is 24.1. The number of fused-ring (bicyclic) bond motifs is 4. The average Bonchev–Trinajstić information content (AvgIpc) is 3.11. The van der Waals surface area contributed by atoms with Gasteiger partial charge in [-0.05, 0) is 57.4 Å². The summed E-state index contributed by atoms with van der Waals surface area (Å²) in [5, 5.41) is 5.86. The maximum atomic E-state index is 13.2. The predicted molar refractivity (Wildman–Crippen MR) is 150 cm³/mol. The van der Waals surface area contributed by atoms with Crippen LogP contribution in [0.5, 0.6) is 0 Å². The zero-order valence-corrected chi connectivity index (χ0v) is 20.2.